The van der Waals surface area contributed by atoms with Gasteiger partial charge in [0, 0.05) is 23.7 Å². The predicted octanol–water partition coefficient (Wildman–Crippen LogP) is 2.63. The van der Waals surface area contributed by atoms with E-state index in [1.807, 2.05) is 17.8 Å². The molecule has 1 N–H and O–H groups in total. The molecule has 1 aliphatic carbocycles. The molecule has 1 saturated carbocycles. The first kappa shape index (κ1) is 12.8. The standard InChI is InChI=1S/C13H21N3S/c1-17-13(6-3-2-4-7-13)11-14-10-12-15-8-5-9-16-12/h5,8-9,14H,2-4,6-7,10-11H2,1H3. The van der Waals surface area contributed by atoms with Crippen molar-refractivity contribution < 1.29 is 0 Å². The van der Waals surface area contributed by atoms with Gasteiger partial charge in [0.05, 0.1) is 6.54 Å². The van der Waals surface area contributed by atoms with Gasteiger partial charge < -0.3 is 5.32 Å². The van der Waals surface area contributed by atoms with Crippen molar-refractivity contribution in [3.63, 3.8) is 0 Å². The van der Waals surface area contributed by atoms with Crippen molar-refractivity contribution in [2.75, 3.05) is 12.8 Å². The fraction of sp³-hybridized carbons (Fsp3) is 0.692. The van der Waals surface area contributed by atoms with Gasteiger partial charge in [-0.15, -0.1) is 0 Å². The molecule has 1 heterocycles. The molecule has 0 spiro atoms. The lowest BCUT2D eigenvalue weighted by Gasteiger charge is -2.36. The molecule has 0 saturated heterocycles. The second-order valence-corrected chi connectivity index (χ2v) is 5.99. The lowest BCUT2D eigenvalue weighted by Crippen LogP contribution is -2.39. The van der Waals surface area contributed by atoms with Crippen molar-refractivity contribution >= 4 is 11.8 Å². The average molecular weight is 251 g/mol. The van der Waals surface area contributed by atoms with Crippen molar-refractivity contribution in [2.45, 2.75) is 43.4 Å². The summed E-state index contributed by atoms with van der Waals surface area (Å²) < 4.78 is 0.451. The zero-order valence-corrected chi connectivity index (χ0v) is 11.3. The van der Waals surface area contributed by atoms with Gasteiger partial charge in [-0.2, -0.15) is 11.8 Å². The molecule has 3 nitrogen and oxygen atoms in total. The van der Waals surface area contributed by atoms with Crippen LogP contribution in [0, 0.1) is 0 Å². The first-order valence-electron chi connectivity index (χ1n) is 6.36. The van der Waals surface area contributed by atoms with E-state index >= 15 is 0 Å². The highest BCUT2D eigenvalue weighted by molar-refractivity contribution is 8.00. The molecule has 1 aromatic rings. The van der Waals surface area contributed by atoms with Crippen LogP contribution in [0.1, 0.15) is 37.9 Å². The molecule has 0 aromatic carbocycles. The second-order valence-electron chi connectivity index (χ2n) is 4.72. The summed E-state index contributed by atoms with van der Waals surface area (Å²) >= 11 is 2.03. The Balaban J connectivity index is 1.80. The van der Waals surface area contributed by atoms with Crippen molar-refractivity contribution in [3.05, 3.63) is 24.3 Å². The molecular weight excluding hydrogens is 230 g/mol. The Labute approximate surface area is 108 Å². The van der Waals surface area contributed by atoms with E-state index in [9.17, 15) is 0 Å². The lowest BCUT2D eigenvalue weighted by molar-refractivity contribution is 0.378. The largest absolute Gasteiger partial charge is 0.308 e. The van der Waals surface area contributed by atoms with Crippen LogP contribution in [0.5, 0.6) is 0 Å². The van der Waals surface area contributed by atoms with Crippen LogP contribution in [0.2, 0.25) is 0 Å². The normalized spacial score (nSPS) is 19.1. The summed E-state index contributed by atoms with van der Waals surface area (Å²) in [6.07, 6.45) is 12.7. The van der Waals surface area contributed by atoms with Crippen molar-refractivity contribution in [2.24, 2.45) is 0 Å². The summed E-state index contributed by atoms with van der Waals surface area (Å²) in [5.74, 6) is 0.888. The van der Waals surface area contributed by atoms with Gasteiger partial charge >= 0.3 is 0 Å². The number of hydrogen-bond acceptors (Lipinski definition) is 4. The van der Waals surface area contributed by atoms with E-state index in [-0.39, 0.29) is 0 Å². The van der Waals surface area contributed by atoms with E-state index in [1.54, 1.807) is 12.4 Å². The molecule has 17 heavy (non-hydrogen) atoms. The highest BCUT2D eigenvalue weighted by Crippen LogP contribution is 2.37. The maximum absolute atomic E-state index is 4.23. The van der Waals surface area contributed by atoms with Crippen LogP contribution in [-0.2, 0) is 6.54 Å². The van der Waals surface area contributed by atoms with Crippen LogP contribution in [0.3, 0.4) is 0 Å². The first-order valence-corrected chi connectivity index (χ1v) is 7.59. The maximum Gasteiger partial charge on any atom is 0.141 e. The Hall–Kier alpha value is -0.610. The Kier molecular flexibility index (Phi) is 4.80. The Morgan fingerprint density at radius 2 is 1.94 bits per heavy atom. The minimum atomic E-state index is 0.451. The maximum atomic E-state index is 4.23. The van der Waals surface area contributed by atoms with Crippen LogP contribution >= 0.6 is 11.8 Å². The number of hydrogen-bond donors (Lipinski definition) is 1. The summed E-state index contributed by atoms with van der Waals surface area (Å²) in [4.78, 5) is 8.46. The van der Waals surface area contributed by atoms with Crippen LogP contribution in [-0.4, -0.2) is 27.5 Å². The zero-order chi connectivity index (χ0) is 12.0. The Morgan fingerprint density at radius 3 is 2.59 bits per heavy atom. The number of aromatic nitrogens is 2. The summed E-state index contributed by atoms with van der Waals surface area (Å²) in [5, 5.41) is 3.52. The quantitative estimate of drug-likeness (QED) is 0.873. The molecule has 1 fully saturated rings. The van der Waals surface area contributed by atoms with Gasteiger partial charge in [0.15, 0.2) is 0 Å². The molecule has 0 radical (unpaired) electrons. The summed E-state index contributed by atoms with van der Waals surface area (Å²) in [7, 11) is 0. The summed E-state index contributed by atoms with van der Waals surface area (Å²) in [5.41, 5.74) is 0. The number of rotatable bonds is 5. The van der Waals surface area contributed by atoms with Crippen LogP contribution < -0.4 is 5.32 Å². The fourth-order valence-electron chi connectivity index (χ4n) is 2.47. The van der Waals surface area contributed by atoms with Gasteiger partial charge in [-0.05, 0) is 25.2 Å². The average Bonchev–Trinajstić information content (AvgIpc) is 2.41. The summed E-state index contributed by atoms with van der Waals surface area (Å²) in [6.45, 7) is 1.86. The number of nitrogens with zero attached hydrogens (tertiary/aromatic N) is 2. The van der Waals surface area contributed by atoms with Crippen LogP contribution in [0.4, 0.5) is 0 Å². The van der Waals surface area contributed by atoms with Crippen molar-refractivity contribution in [1.82, 2.24) is 15.3 Å². The van der Waals surface area contributed by atoms with E-state index in [2.05, 4.69) is 21.5 Å². The Morgan fingerprint density at radius 1 is 1.24 bits per heavy atom. The third-order valence-corrected chi connectivity index (χ3v) is 4.97. The summed E-state index contributed by atoms with van der Waals surface area (Å²) in [6, 6.07) is 1.86. The van der Waals surface area contributed by atoms with Crippen LogP contribution in [0.25, 0.3) is 0 Å². The first-order chi connectivity index (χ1) is 8.35. The third kappa shape index (κ3) is 3.68. The molecule has 2 rings (SSSR count). The Bertz CT molecular complexity index is 323. The highest BCUT2D eigenvalue weighted by atomic mass is 32.2. The molecule has 1 aromatic heterocycles. The van der Waals surface area contributed by atoms with E-state index < -0.39 is 0 Å². The third-order valence-electron chi connectivity index (χ3n) is 3.55. The van der Waals surface area contributed by atoms with Gasteiger partial charge in [0.25, 0.3) is 0 Å². The molecule has 0 atom stereocenters. The predicted molar refractivity (Wildman–Crippen MR) is 73.1 cm³/mol. The molecular formula is C13H21N3S. The van der Waals surface area contributed by atoms with Crippen molar-refractivity contribution in [1.29, 1.82) is 0 Å². The highest BCUT2D eigenvalue weighted by Gasteiger charge is 2.30. The zero-order valence-electron chi connectivity index (χ0n) is 10.5. The minimum Gasteiger partial charge on any atom is -0.308 e. The van der Waals surface area contributed by atoms with E-state index in [1.165, 1.54) is 32.1 Å². The molecule has 0 bridgehead atoms. The van der Waals surface area contributed by atoms with E-state index in [0.717, 1.165) is 18.9 Å². The fourth-order valence-corrected chi connectivity index (χ4v) is 3.42. The number of thioether (sulfide) groups is 1. The van der Waals surface area contributed by atoms with Crippen LogP contribution in [0.15, 0.2) is 18.5 Å². The van der Waals surface area contributed by atoms with Gasteiger partial charge in [0.1, 0.15) is 5.82 Å². The SMILES string of the molecule is CSC1(CNCc2ncccn2)CCCCC1. The smallest absolute Gasteiger partial charge is 0.141 e. The molecule has 0 amide bonds. The molecule has 0 unspecified atom stereocenters. The molecule has 4 heteroatoms. The van der Waals surface area contributed by atoms with Crippen molar-refractivity contribution in [3.8, 4) is 0 Å². The number of nitrogens with one attached hydrogen (secondary N) is 1. The second kappa shape index (κ2) is 6.36. The molecule has 0 aliphatic heterocycles. The molecule has 1 aliphatic rings. The van der Waals surface area contributed by atoms with E-state index in [0.29, 0.717) is 4.75 Å². The minimum absolute atomic E-state index is 0.451. The lowest BCUT2D eigenvalue weighted by atomic mass is 9.88. The van der Waals surface area contributed by atoms with Gasteiger partial charge in [-0.3, -0.25) is 0 Å². The van der Waals surface area contributed by atoms with Gasteiger partial charge in [-0.25, -0.2) is 9.97 Å². The van der Waals surface area contributed by atoms with E-state index in [4.69, 9.17) is 0 Å². The van der Waals surface area contributed by atoms with Gasteiger partial charge in [-0.1, -0.05) is 19.3 Å². The monoisotopic (exact) mass is 251 g/mol. The topological polar surface area (TPSA) is 37.8 Å². The molecule has 94 valence electrons. The van der Waals surface area contributed by atoms with Gasteiger partial charge in [0.2, 0.25) is 0 Å².